The largest absolute Gasteiger partial charge is 0.350 e. The van der Waals surface area contributed by atoms with Crippen LogP contribution >= 0.6 is 11.3 Å². The second kappa shape index (κ2) is 6.89. The first kappa shape index (κ1) is 16.9. The Labute approximate surface area is 145 Å². The molecule has 2 aromatic heterocycles. The third-order valence-corrected chi connectivity index (χ3v) is 5.76. The first-order chi connectivity index (χ1) is 11.4. The Balaban J connectivity index is 1.62. The van der Waals surface area contributed by atoms with Gasteiger partial charge in [0.15, 0.2) is 0 Å². The fourth-order valence-corrected chi connectivity index (χ4v) is 4.36. The maximum Gasteiger partial charge on any atom is 0.348 e. The van der Waals surface area contributed by atoms with Gasteiger partial charge in [0.05, 0.1) is 4.88 Å². The van der Waals surface area contributed by atoms with E-state index in [9.17, 15) is 9.59 Å². The number of carbonyl (C=O) groups is 1. The van der Waals surface area contributed by atoms with Crippen molar-refractivity contribution in [1.82, 2.24) is 14.9 Å². The molecule has 3 rings (SSSR count). The third-order valence-electron chi connectivity index (χ3n) is 4.52. The number of thiophene rings is 1. The number of rotatable bonds is 4. The number of carbonyl (C=O) groups excluding carboxylic acids is 1. The summed E-state index contributed by atoms with van der Waals surface area (Å²) in [5.74, 6) is 0.653. The molecule has 2 heterocycles. The van der Waals surface area contributed by atoms with Crippen molar-refractivity contribution in [2.75, 3.05) is 6.54 Å². The maximum atomic E-state index is 12.4. The standard InChI is InChI=1S/C18H23N3O2S/c1-11-4-5-15-14(8-11)10-16(24-15)17(22)19-6-7-21-13(3)9-12(2)20-18(21)23/h9-11H,4-8H2,1-3H3,(H,19,22)/t11-/m1/s1. The van der Waals surface area contributed by atoms with Crippen LogP contribution in [-0.2, 0) is 19.4 Å². The summed E-state index contributed by atoms with van der Waals surface area (Å²) in [5, 5.41) is 2.92. The zero-order valence-corrected chi connectivity index (χ0v) is 15.2. The highest BCUT2D eigenvalue weighted by Crippen LogP contribution is 2.32. The summed E-state index contributed by atoms with van der Waals surface area (Å²) in [6.45, 7) is 6.80. The maximum absolute atomic E-state index is 12.4. The van der Waals surface area contributed by atoms with Crippen molar-refractivity contribution in [1.29, 1.82) is 0 Å². The summed E-state index contributed by atoms with van der Waals surface area (Å²) in [5.41, 5.74) is 2.65. The summed E-state index contributed by atoms with van der Waals surface area (Å²) < 4.78 is 1.59. The number of aryl methyl sites for hydroxylation is 3. The van der Waals surface area contributed by atoms with Gasteiger partial charge in [0.1, 0.15) is 0 Å². The monoisotopic (exact) mass is 345 g/mol. The summed E-state index contributed by atoms with van der Waals surface area (Å²) in [7, 11) is 0. The summed E-state index contributed by atoms with van der Waals surface area (Å²) in [4.78, 5) is 30.3. The van der Waals surface area contributed by atoms with E-state index in [0.717, 1.165) is 29.1 Å². The molecular weight excluding hydrogens is 322 g/mol. The van der Waals surface area contributed by atoms with Crippen LogP contribution in [0, 0.1) is 19.8 Å². The number of nitrogens with one attached hydrogen (secondary N) is 1. The van der Waals surface area contributed by atoms with E-state index in [-0.39, 0.29) is 11.6 Å². The molecule has 0 unspecified atom stereocenters. The molecule has 0 spiro atoms. The number of hydrogen-bond donors (Lipinski definition) is 1. The summed E-state index contributed by atoms with van der Waals surface area (Å²) >= 11 is 1.61. The molecule has 0 fully saturated rings. The zero-order chi connectivity index (χ0) is 17.3. The summed E-state index contributed by atoms with van der Waals surface area (Å²) in [6, 6.07) is 3.91. The Morgan fingerprint density at radius 1 is 1.42 bits per heavy atom. The van der Waals surface area contributed by atoms with Gasteiger partial charge in [-0.15, -0.1) is 11.3 Å². The van der Waals surface area contributed by atoms with Crippen LogP contribution in [0.3, 0.4) is 0 Å². The fourth-order valence-electron chi connectivity index (χ4n) is 3.23. The molecule has 0 aromatic carbocycles. The van der Waals surface area contributed by atoms with Crippen LogP contribution in [0.2, 0.25) is 0 Å². The van der Waals surface area contributed by atoms with Crippen molar-refractivity contribution in [2.24, 2.45) is 5.92 Å². The second-order valence-electron chi connectivity index (χ2n) is 6.64. The molecule has 0 saturated carbocycles. The van der Waals surface area contributed by atoms with Gasteiger partial charge in [-0.25, -0.2) is 4.79 Å². The third kappa shape index (κ3) is 3.59. The van der Waals surface area contributed by atoms with E-state index in [2.05, 4.69) is 17.2 Å². The van der Waals surface area contributed by atoms with Gasteiger partial charge in [-0.05, 0) is 56.7 Å². The van der Waals surface area contributed by atoms with Crippen molar-refractivity contribution in [3.63, 3.8) is 0 Å². The van der Waals surface area contributed by atoms with E-state index >= 15 is 0 Å². The Morgan fingerprint density at radius 3 is 2.96 bits per heavy atom. The van der Waals surface area contributed by atoms with E-state index in [1.165, 1.54) is 16.9 Å². The number of fused-ring (bicyclic) bond motifs is 1. The predicted octanol–water partition coefficient (Wildman–Crippen LogP) is 2.48. The van der Waals surface area contributed by atoms with Crippen LogP contribution in [0.15, 0.2) is 16.9 Å². The van der Waals surface area contributed by atoms with Gasteiger partial charge in [0, 0.05) is 29.4 Å². The van der Waals surface area contributed by atoms with E-state index in [4.69, 9.17) is 0 Å². The van der Waals surface area contributed by atoms with E-state index in [1.807, 2.05) is 19.1 Å². The second-order valence-corrected chi connectivity index (χ2v) is 7.77. The highest BCUT2D eigenvalue weighted by atomic mass is 32.1. The van der Waals surface area contributed by atoms with Gasteiger partial charge in [0.25, 0.3) is 5.91 Å². The van der Waals surface area contributed by atoms with Crippen LogP contribution in [0.25, 0.3) is 0 Å². The molecule has 2 aromatic rings. The summed E-state index contributed by atoms with van der Waals surface area (Å²) in [6.07, 6.45) is 3.36. The van der Waals surface area contributed by atoms with Crippen molar-refractivity contribution in [3.8, 4) is 0 Å². The van der Waals surface area contributed by atoms with Crippen LogP contribution in [-0.4, -0.2) is 22.0 Å². The molecule has 128 valence electrons. The van der Waals surface area contributed by atoms with Crippen molar-refractivity contribution in [2.45, 2.75) is 46.6 Å². The first-order valence-electron chi connectivity index (χ1n) is 8.39. The molecule has 24 heavy (non-hydrogen) atoms. The Bertz CT molecular complexity index is 822. The number of aromatic nitrogens is 2. The molecule has 1 N–H and O–H groups in total. The van der Waals surface area contributed by atoms with Crippen LogP contribution < -0.4 is 11.0 Å². The minimum absolute atomic E-state index is 0.0483. The average molecular weight is 345 g/mol. The normalized spacial score (nSPS) is 16.7. The molecular formula is C18H23N3O2S. The molecule has 0 bridgehead atoms. The smallest absolute Gasteiger partial charge is 0.348 e. The van der Waals surface area contributed by atoms with E-state index in [1.54, 1.807) is 22.8 Å². The highest BCUT2D eigenvalue weighted by molar-refractivity contribution is 7.14. The van der Waals surface area contributed by atoms with Crippen LogP contribution in [0.1, 0.15) is 44.8 Å². The molecule has 6 heteroatoms. The Hall–Kier alpha value is -1.95. The van der Waals surface area contributed by atoms with Gasteiger partial charge >= 0.3 is 5.69 Å². The minimum atomic E-state index is -0.262. The van der Waals surface area contributed by atoms with E-state index in [0.29, 0.717) is 19.0 Å². The van der Waals surface area contributed by atoms with Gasteiger partial charge in [-0.1, -0.05) is 6.92 Å². The lowest BCUT2D eigenvalue weighted by Gasteiger charge is -2.16. The van der Waals surface area contributed by atoms with Crippen molar-refractivity contribution < 1.29 is 4.79 Å². The minimum Gasteiger partial charge on any atom is -0.350 e. The quantitative estimate of drug-likeness (QED) is 0.926. The SMILES string of the molecule is Cc1cc(C)n(CCNC(=O)c2cc3c(s2)CC[C@@H](C)C3)c(=O)n1. The molecule has 1 atom stereocenters. The van der Waals surface area contributed by atoms with Gasteiger partial charge < -0.3 is 5.32 Å². The lowest BCUT2D eigenvalue weighted by atomic mass is 9.90. The molecule has 0 aliphatic heterocycles. The van der Waals surface area contributed by atoms with Crippen LogP contribution in [0.4, 0.5) is 0 Å². The molecule has 1 amide bonds. The molecule has 1 aliphatic carbocycles. The van der Waals surface area contributed by atoms with Crippen molar-refractivity contribution in [3.05, 3.63) is 49.3 Å². The Morgan fingerprint density at radius 2 is 2.21 bits per heavy atom. The number of amides is 1. The van der Waals surface area contributed by atoms with E-state index < -0.39 is 0 Å². The lowest BCUT2D eigenvalue weighted by molar-refractivity contribution is 0.0956. The molecule has 0 saturated heterocycles. The van der Waals surface area contributed by atoms with Crippen molar-refractivity contribution >= 4 is 17.2 Å². The number of hydrogen-bond acceptors (Lipinski definition) is 4. The van der Waals surface area contributed by atoms with Gasteiger partial charge in [-0.3, -0.25) is 9.36 Å². The predicted molar refractivity (Wildman–Crippen MR) is 95.8 cm³/mol. The zero-order valence-electron chi connectivity index (χ0n) is 14.4. The molecule has 5 nitrogen and oxygen atoms in total. The lowest BCUT2D eigenvalue weighted by Crippen LogP contribution is -2.32. The topological polar surface area (TPSA) is 64.0 Å². The van der Waals surface area contributed by atoms with Gasteiger partial charge in [-0.2, -0.15) is 4.98 Å². The van der Waals surface area contributed by atoms with Crippen LogP contribution in [0.5, 0.6) is 0 Å². The van der Waals surface area contributed by atoms with Gasteiger partial charge in [0.2, 0.25) is 0 Å². The number of nitrogens with zero attached hydrogens (tertiary/aromatic N) is 2. The highest BCUT2D eigenvalue weighted by Gasteiger charge is 2.20. The first-order valence-corrected chi connectivity index (χ1v) is 9.20. The molecule has 0 radical (unpaired) electrons. The Kier molecular flexibility index (Phi) is 4.85. The average Bonchev–Trinajstić information content (AvgIpc) is 2.92. The fraction of sp³-hybridized carbons (Fsp3) is 0.500. The molecule has 1 aliphatic rings.